The molecule has 140 valence electrons. The number of rotatable bonds is 7. The van der Waals surface area contributed by atoms with E-state index in [1.807, 2.05) is 48.5 Å². The molecule has 0 saturated heterocycles. The van der Waals surface area contributed by atoms with E-state index in [1.54, 1.807) is 13.8 Å². The number of carbonyl (C=O) groups is 1. The molecule has 26 heavy (non-hydrogen) atoms. The number of nitrogens with one attached hydrogen (secondary N) is 1. The Morgan fingerprint density at radius 3 is 1.92 bits per heavy atom. The molecule has 0 fully saturated rings. The maximum Gasteiger partial charge on any atom is 0.227 e. The zero-order chi connectivity index (χ0) is 19.3. The summed E-state index contributed by atoms with van der Waals surface area (Å²) in [6.45, 7) is 5.85. The molecule has 0 aromatic heterocycles. The van der Waals surface area contributed by atoms with E-state index >= 15 is 0 Å². The highest BCUT2D eigenvalue weighted by Gasteiger charge is 2.28. The van der Waals surface area contributed by atoms with E-state index in [0.717, 1.165) is 11.1 Å². The van der Waals surface area contributed by atoms with E-state index in [0.29, 0.717) is 16.6 Å². The van der Waals surface area contributed by atoms with Crippen molar-refractivity contribution in [2.45, 2.75) is 32.6 Å². The van der Waals surface area contributed by atoms with Crippen LogP contribution in [0.1, 0.15) is 43.7 Å². The van der Waals surface area contributed by atoms with Gasteiger partial charge in [-0.1, -0.05) is 54.4 Å². The van der Waals surface area contributed by atoms with E-state index in [4.69, 9.17) is 23.2 Å². The van der Waals surface area contributed by atoms with E-state index in [-0.39, 0.29) is 24.3 Å². The summed E-state index contributed by atoms with van der Waals surface area (Å²) in [6.07, 6.45) is 0. The fraction of sp³-hybridized carbons (Fsp3) is 0.381. The Labute approximate surface area is 165 Å². The first kappa shape index (κ1) is 20.8. The van der Waals surface area contributed by atoms with Crippen LogP contribution < -0.4 is 5.32 Å². The predicted octanol–water partition coefficient (Wildman–Crippen LogP) is 5.02. The Balaban J connectivity index is 2.25. The maximum absolute atomic E-state index is 12.4. The molecule has 0 aliphatic rings. The van der Waals surface area contributed by atoms with E-state index in [2.05, 4.69) is 12.2 Å². The third-order valence-corrected chi connectivity index (χ3v) is 5.29. The Kier molecular flexibility index (Phi) is 7.10. The summed E-state index contributed by atoms with van der Waals surface area (Å²) in [6, 6.07) is 15.5. The molecular weight excluding hydrogens is 369 g/mol. The van der Waals surface area contributed by atoms with Crippen molar-refractivity contribution in [2.24, 2.45) is 5.41 Å². The third kappa shape index (κ3) is 5.23. The molecule has 0 bridgehead atoms. The van der Waals surface area contributed by atoms with Gasteiger partial charge in [-0.05, 0) is 55.2 Å². The predicted molar refractivity (Wildman–Crippen MR) is 108 cm³/mol. The second-order valence-corrected chi connectivity index (χ2v) is 8.12. The molecule has 3 nitrogen and oxygen atoms in total. The lowest BCUT2D eigenvalue weighted by atomic mass is 9.82. The molecule has 0 radical (unpaired) electrons. The van der Waals surface area contributed by atoms with Crippen molar-refractivity contribution >= 4 is 29.1 Å². The van der Waals surface area contributed by atoms with Crippen LogP contribution in [0.25, 0.3) is 0 Å². The monoisotopic (exact) mass is 393 g/mol. The van der Waals surface area contributed by atoms with Crippen LogP contribution in [0.2, 0.25) is 10.0 Å². The lowest BCUT2D eigenvalue weighted by Crippen LogP contribution is -2.41. The zero-order valence-electron chi connectivity index (χ0n) is 15.3. The molecule has 0 spiro atoms. The van der Waals surface area contributed by atoms with Crippen molar-refractivity contribution in [3.05, 3.63) is 69.7 Å². The van der Waals surface area contributed by atoms with E-state index in [1.165, 1.54) is 0 Å². The average Bonchev–Trinajstić information content (AvgIpc) is 2.63. The molecule has 2 N–H and O–H groups in total. The normalized spacial score (nSPS) is 13.9. The Morgan fingerprint density at radius 1 is 1.00 bits per heavy atom. The maximum atomic E-state index is 12.4. The number of carbonyl (C=O) groups excluding carboxylic acids is 1. The van der Waals surface area contributed by atoms with Gasteiger partial charge in [-0.25, -0.2) is 0 Å². The first-order valence-electron chi connectivity index (χ1n) is 8.64. The third-order valence-electron chi connectivity index (χ3n) is 4.79. The minimum Gasteiger partial charge on any atom is -0.395 e. The minimum atomic E-state index is -0.811. The second kappa shape index (κ2) is 8.90. The van der Waals surface area contributed by atoms with Gasteiger partial charge in [-0.2, -0.15) is 0 Å². The molecule has 2 unspecified atom stereocenters. The standard InChI is InChI=1S/C21H25Cl2NO2/c1-14(15-4-8-17(22)9-5-15)19(16-6-10-18(23)11-7-16)12-24-20(26)21(2,3)13-25/h4-11,14,19,25H,12-13H2,1-3H3,(H,24,26). The van der Waals surface area contributed by atoms with Gasteiger partial charge in [0.1, 0.15) is 0 Å². The van der Waals surface area contributed by atoms with Crippen molar-refractivity contribution in [2.75, 3.05) is 13.2 Å². The van der Waals surface area contributed by atoms with Gasteiger partial charge in [-0.15, -0.1) is 0 Å². The zero-order valence-corrected chi connectivity index (χ0v) is 16.8. The first-order chi connectivity index (χ1) is 12.2. The topological polar surface area (TPSA) is 49.3 Å². The van der Waals surface area contributed by atoms with Crippen LogP contribution in [0, 0.1) is 5.41 Å². The molecule has 0 saturated carbocycles. The van der Waals surface area contributed by atoms with Crippen LogP contribution in [-0.2, 0) is 4.79 Å². The second-order valence-electron chi connectivity index (χ2n) is 7.25. The lowest BCUT2D eigenvalue weighted by Gasteiger charge is -2.28. The largest absolute Gasteiger partial charge is 0.395 e. The van der Waals surface area contributed by atoms with Gasteiger partial charge in [0.25, 0.3) is 0 Å². The SMILES string of the molecule is CC(c1ccc(Cl)cc1)C(CNC(=O)C(C)(C)CO)c1ccc(Cl)cc1. The van der Waals surface area contributed by atoms with Gasteiger partial charge >= 0.3 is 0 Å². The summed E-state index contributed by atoms with van der Waals surface area (Å²) >= 11 is 12.0. The molecule has 0 heterocycles. The summed E-state index contributed by atoms with van der Waals surface area (Å²) in [5.41, 5.74) is 1.43. The highest BCUT2D eigenvalue weighted by molar-refractivity contribution is 6.30. The molecule has 0 aliphatic carbocycles. The van der Waals surface area contributed by atoms with Gasteiger partial charge in [-0.3, -0.25) is 4.79 Å². The van der Waals surface area contributed by atoms with Gasteiger partial charge in [0, 0.05) is 22.5 Å². The summed E-state index contributed by atoms with van der Waals surface area (Å²) in [4.78, 5) is 12.4. The van der Waals surface area contributed by atoms with Crippen molar-refractivity contribution in [3.8, 4) is 0 Å². The number of hydrogen-bond donors (Lipinski definition) is 2. The van der Waals surface area contributed by atoms with Crippen molar-refractivity contribution < 1.29 is 9.90 Å². The van der Waals surface area contributed by atoms with Crippen LogP contribution in [0.15, 0.2) is 48.5 Å². The van der Waals surface area contributed by atoms with Gasteiger partial charge in [0.2, 0.25) is 5.91 Å². The summed E-state index contributed by atoms with van der Waals surface area (Å²) < 4.78 is 0. The number of halogens is 2. The van der Waals surface area contributed by atoms with Crippen LogP contribution in [0.5, 0.6) is 0 Å². The molecular formula is C21H25Cl2NO2. The number of aliphatic hydroxyl groups excluding tert-OH is 1. The van der Waals surface area contributed by atoms with Crippen LogP contribution >= 0.6 is 23.2 Å². The molecule has 1 amide bonds. The number of aliphatic hydroxyl groups is 1. The first-order valence-corrected chi connectivity index (χ1v) is 9.40. The lowest BCUT2D eigenvalue weighted by molar-refractivity contribution is -0.131. The van der Waals surface area contributed by atoms with E-state index in [9.17, 15) is 9.90 Å². The Morgan fingerprint density at radius 2 is 1.46 bits per heavy atom. The quantitative estimate of drug-likeness (QED) is 0.693. The van der Waals surface area contributed by atoms with Gasteiger partial charge in [0.15, 0.2) is 0 Å². The fourth-order valence-corrected chi connectivity index (χ4v) is 3.06. The van der Waals surface area contributed by atoms with Crippen molar-refractivity contribution in [1.82, 2.24) is 5.32 Å². The number of benzene rings is 2. The molecule has 2 atom stereocenters. The average molecular weight is 394 g/mol. The molecule has 2 aromatic rings. The molecule has 2 aromatic carbocycles. The Hall–Kier alpha value is -1.55. The molecule has 2 rings (SSSR count). The van der Waals surface area contributed by atoms with Gasteiger partial charge in [0.05, 0.1) is 12.0 Å². The van der Waals surface area contributed by atoms with Crippen LogP contribution in [0.3, 0.4) is 0 Å². The Bertz CT molecular complexity index is 727. The smallest absolute Gasteiger partial charge is 0.227 e. The highest BCUT2D eigenvalue weighted by atomic mass is 35.5. The van der Waals surface area contributed by atoms with Crippen molar-refractivity contribution in [3.63, 3.8) is 0 Å². The molecule has 0 aliphatic heterocycles. The minimum absolute atomic E-state index is 0.0619. The van der Waals surface area contributed by atoms with Crippen molar-refractivity contribution in [1.29, 1.82) is 0 Å². The number of amides is 1. The van der Waals surface area contributed by atoms with E-state index < -0.39 is 5.41 Å². The fourth-order valence-electron chi connectivity index (χ4n) is 2.81. The molecule has 5 heteroatoms. The summed E-state index contributed by atoms with van der Waals surface area (Å²) in [5, 5.41) is 13.8. The van der Waals surface area contributed by atoms with Crippen LogP contribution in [-0.4, -0.2) is 24.2 Å². The summed E-state index contributed by atoms with van der Waals surface area (Å²) in [5.74, 6) is 0.0557. The highest BCUT2D eigenvalue weighted by Crippen LogP contribution is 2.33. The van der Waals surface area contributed by atoms with Gasteiger partial charge < -0.3 is 10.4 Å². The summed E-state index contributed by atoms with van der Waals surface area (Å²) in [7, 11) is 0. The van der Waals surface area contributed by atoms with Crippen LogP contribution in [0.4, 0.5) is 0 Å². The number of hydrogen-bond acceptors (Lipinski definition) is 2.